The van der Waals surface area contributed by atoms with Crippen molar-refractivity contribution < 1.29 is 13.2 Å². The number of piperidine rings is 1. The monoisotopic (exact) mass is 444 g/mol. The number of hydrogen-bond acceptors (Lipinski definition) is 4. The molecule has 0 atom stereocenters. The summed E-state index contributed by atoms with van der Waals surface area (Å²) >= 11 is 6.00. The molecule has 1 N–H and O–H groups in total. The lowest BCUT2D eigenvalue weighted by molar-refractivity contribution is 0.102. The van der Waals surface area contributed by atoms with Gasteiger partial charge in [-0.05, 0) is 55.3 Å². The molecule has 1 fully saturated rings. The smallest absolute Gasteiger partial charge is 0.258 e. The highest BCUT2D eigenvalue weighted by atomic mass is 35.5. The number of aromatic nitrogens is 2. The number of nitrogens with one attached hydrogen (secondary N) is 1. The van der Waals surface area contributed by atoms with Gasteiger partial charge in [-0.1, -0.05) is 24.1 Å². The molecule has 3 aromatic rings. The maximum atomic E-state index is 12.7. The average Bonchev–Trinajstić information content (AvgIpc) is 3.25. The quantitative estimate of drug-likeness (QED) is 0.645. The second-order valence-corrected chi connectivity index (χ2v) is 9.47. The van der Waals surface area contributed by atoms with Crippen LogP contribution in [-0.2, 0) is 10.0 Å². The zero-order valence-corrected chi connectivity index (χ0v) is 17.7. The lowest BCUT2D eigenvalue weighted by Crippen LogP contribution is -2.35. The van der Waals surface area contributed by atoms with E-state index in [9.17, 15) is 13.2 Å². The zero-order valence-electron chi connectivity index (χ0n) is 16.2. The number of benzene rings is 2. The molecular formula is C21H21ClN4O3S. The Balaban J connectivity index is 1.45. The number of hydrogen-bond donors (Lipinski definition) is 1. The van der Waals surface area contributed by atoms with Gasteiger partial charge < -0.3 is 5.32 Å². The first-order valence-corrected chi connectivity index (χ1v) is 11.5. The van der Waals surface area contributed by atoms with Crippen molar-refractivity contribution in [2.75, 3.05) is 18.4 Å². The molecule has 7 nitrogen and oxygen atoms in total. The van der Waals surface area contributed by atoms with E-state index in [1.54, 1.807) is 41.2 Å². The second kappa shape index (κ2) is 8.59. The fourth-order valence-corrected chi connectivity index (χ4v) is 5.07. The van der Waals surface area contributed by atoms with Crippen molar-refractivity contribution >= 4 is 33.2 Å². The van der Waals surface area contributed by atoms with Crippen LogP contribution in [0.1, 0.15) is 29.6 Å². The van der Waals surface area contributed by atoms with Crippen molar-refractivity contribution in [1.82, 2.24) is 14.1 Å². The summed E-state index contributed by atoms with van der Waals surface area (Å²) in [4.78, 5) is 12.8. The van der Waals surface area contributed by atoms with Crippen molar-refractivity contribution in [3.05, 3.63) is 71.5 Å². The van der Waals surface area contributed by atoms with E-state index in [0.717, 1.165) is 24.9 Å². The molecule has 0 spiro atoms. The number of halogens is 1. The molecule has 0 saturated carbocycles. The molecule has 0 bridgehead atoms. The maximum Gasteiger partial charge on any atom is 0.258 e. The molecule has 2 heterocycles. The van der Waals surface area contributed by atoms with Crippen molar-refractivity contribution in [1.29, 1.82) is 0 Å². The van der Waals surface area contributed by atoms with E-state index in [4.69, 9.17) is 11.6 Å². The predicted molar refractivity (Wildman–Crippen MR) is 116 cm³/mol. The van der Waals surface area contributed by atoms with Gasteiger partial charge in [-0.25, -0.2) is 13.1 Å². The van der Waals surface area contributed by atoms with Crippen LogP contribution in [0.25, 0.3) is 5.69 Å². The van der Waals surface area contributed by atoms with Gasteiger partial charge in [-0.15, -0.1) is 0 Å². The van der Waals surface area contributed by atoms with Gasteiger partial charge in [0.15, 0.2) is 0 Å². The van der Waals surface area contributed by atoms with Gasteiger partial charge in [0, 0.05) is 30.0 Å². The minimum Gasteiger partial charge on any atom is -0.322 e. The number of carbonyl (C=O) groups is 1. The Morgan fingerprint density at radius 2 is 1.77 bits per heavy atom. The van der Waals surface area contributed by atoms with E-state index in [-0.39, 0.29) is 10.8 Å². The molecule has 9 heteroatoms. The minimum absolute atomic E-state index is 0.233. The van der Waals surface area contributed by atoms with Gasteiger partial charge in [0.25, 0.3) is 5.91 Å². The average molecular weight is 445 g/mol. The first-order chi connectivity index (χ1) is 14.4. The Labute approximate surface area is 180 Å². The third-order valence-corrected chi connectivity index (χ3v) is 7.13. The Hall–Kier alpha value is -2.68. The summed E-state index contributed by atoms with van der Waals surface area (Å²) < 4.78 is 28.5. The third kappa shape index (κ3) is 4.40. The Morgan fingerprint density at radius 3 is 2.47 bits per heavy atom. The lowest BCUT2D eigenvalue weighted by Gasteiger charge is -2.25. The summed E-state index contributed by atoms with van der Waals surface area (Å²) in [5.41, 5.74) is 1.63. The summed E-state index contributed by atoms with van der Waals surface area (Å²) in [5, 5.41) is 7.54. The topological polar surface area (TPSA) is 84.3 Å². The number of carbonyl (C=O) groups excluding carboxylic acids is 1. The van der Waals surface area contributed by atoms with Crippen molar-refractivity contribution in [2.45, 2.75) is 24.2 Å². The fourth-order valence-electron chi connectivity index (χ4n) is 3.37. The number of anilines is 1. The number of amides is 1. The molecule has 0 aliphatic carbocycles. The Bertz CT molecular complexity index is 1150. The molecule has 156 valence electrons. The highest BCUT2D eigenvalue weighted by molar-refractivity contribution is 7.89. The van der Waals surface area contributed by atoms with Crippen LogP contribution in [0.2, 0.25) is 5.02 Å². The molecule has 1 saturated heterocycles. The van der Waals surface area contributed by atoms with Crippen LogP contribution in [0.5, 0.6) is 0 Å². The molecule has 1 aliphatic rings. The largest absolute Gasteiger partial charge is 0.322 e. The maximum absolute atomic E-state index is 12.7. The van der Waals surface area contributed by atoms with Crippen LogP contribution >= 0.6 is 11.6 Å². The summed E-state index contributed by atoms with van der Waals surface area (Å²) in [7, 11) is -3.49. The van der Waals surface area contributed by atoms with Gasteiger partial charge in [0.1, 0.15) is 0 Å². The SMILES string of the molecule is O=C(Nc1ccc(S(=O)(=O)N2CCCCC2)cc1)c1cnn(-c2cccc(Cl)c2)c1. The van der Waals surface area contributed by atoms with Gasteiger partial charge in [-0.2, -0.15) is 9.40 Å². The minimum atomic E-state index is -3.49. The number of nitrogens with zero attached hydrogens (tertiary/aromatic N) is 3. The first-order valence-electron chi connectivity index (χ1n) is 9.66. The van der Waals surface area contributed by atoms with Crippen LogP contribution in [0, 0.1) is 0 Å². The summed E-state index contributed by atoms with van der Waals surface area (Å²) in [5.74, 6) is -0.338. The van der Waals surface area contributed by atoms with Crippen LogP contribution in [-0.4, -0.2) is 41.5 Å². The van der Waals surface area contributed by atoms with E-state index < -0.39 is 10.0 Å². The summed E-state index contributed by atoms with van der Waals surface area (Å²) in [6.45, 7) is 1.11. The van der Waals surface area contributed by atoms with Gasteiger partial charge in [-0.3, -0.25) is 4.79 Å². The zero-order chi connectivity index (χ0) is 21.1. The Morgan fingerprint density at radius 1 is 1.03 bits per heavy atom. The first kappa shape index (κ1) is 20.6. The van der Waals surface area contributed by atoms with Crippen LogP contribution in [0.3, 0.4) is 0 Å². The molecule has 0 unspecified atom stereocenters. The van der Waals surface area contributed by atoms with E-state index in [0.29, 0.717) is 29.4 Å². The van der Waals surface area contributed by atoms with Gasteiger partial charge in [0.05, 0.1) is 22.3 Å². The molecule has 30 heavy (non-hydrogen) atoms. The van der Waals surface area contributed by atoms with E-state index in [1.165, 1.54) is 22.6 Å². The number of rotatable bonds is 5. The van der Waals surface area contributed by atoms with E-state index in [1.807, 2.05) is 6.07 Å². The highest BCUT2D eigenvalue weighted by Gasteiger charge is 2.25. The molecule has 1 aliphatic heterocycles. The van der Waals surface area contributed by atoms with Crippen molar-refractivity contribution in [3.8, 4) is 5.69 Å². The van der Waals surface area contributed by atoms with Crippen LogP contribution < -0.4 is 5.32 Å². The van der Waals surface area contributed by atoms with Crippen molar-refractivity contribution in [3.63, 3.8) is 0 Å². The Kier molecular flexibility index (Phi) is 5.90. The van der Waals surface area contributed by atoms with E-state index in [2.05, 4.69) is 10.4 Å². The fraction of sp³-hybridized carbons (Fsp3) is 0.238. The highest BCUT2D eigenvalue weighted by Crippen LogP contribution is 2.22. The third-order valence-electron chi connectivity index (χ3n) is 4.98. The molecular weight excluding hydrogens is 424 g/mol. The second-order valence-electron chi connectivity index (χ2n) is 7.10. The lowest BCUT2D eigenvalue weighted by atomic mass is 10.2. The molecule has 1 aromatic heterocycles. The van der Waals surface area contributed by atoms with Gasteiger partial charge >= 0.3 is 0 Å². The van der Waals surface area contributed by atoms with Crippen LogP contribution in [0.15, 0.2) is 65.8 Å². The standard InChI is InChI=1S/C21H21ClN4O3S/c22-17-5-4-6-19(13-17)26-15-16(14-23-26)21(27)24-18-7-9-20(10-8-18)30(28,29)25-11-2-1-3-12-25/h4-10,13-15H,1-3,11-12H2,(H,24,27). The summed E-state index contributed by atoms with van der Waals surface area (Å²) in [6.07, 6.45) is 5.90. The molecule has 2 aromatic carbocycles. The van der Waals surface area contributed by atoms with E-state index >= 15 is 0 Å². The molecule has 0 radical (unpaired) electrons. The van der Waals surface area contributed by atoms with Crippen molar-refractivity contribution in [2.24, 2.45) is 0 Å². The molecule has 4 rings (SSSR count). The summed E-state index contributed by atoms with van der Waals surface area (Å²) in [6, 6.07) is 13.4. The van der Waals surface area contributed by atoms with Gasteiger partial charge in [0.2, 0.25) is 10.0 Å². The number of sulfonamides is 1. The molecule has 1 amide bonds. The predicted octanol–water partition coefficient (Wildman–Crippen LogP) is 3.95. The normalized spacial score (nSPS) is 15.1. The van der Waals surface area contributed by atoms with Crippen LogP contribution in [0.4, 0.5) is 5.69 Å².